The Morgan fingerprint density at radius 1 is 0.217 bits per heavy atom. The predicted octanol–water partition coefficient (Wildman–Crippen LogP) is 5.37. The van der Waals surface area contributed by atoms with Gasteiger partial charge in [0.05, 0.1) is 52.9 Å². The second-order valence-electron chi connectivity index (χ2n) is 17.0. The van der Waals surface area contributed by atoms with Crippen LogP contribution in [0.4, 0.5) is 0 Å². The molecule has 1 fully saturated rings. The molecule has 1 heterocycles. The summed E-state index contributed by atoms with van der Waals surface area (Å²) in [4.78, 5) is 0. The fraction of sp³-hybridized carbons (Fsp3) is 0.200. The van der Waals surface area contributed by atoms with E-state index < -0.39 is 12.3 Å². The summed E-state index contributed by atoms with van der Waals surface area (Å²) < 4.78 is 21.6. The van der Waals surface area contributed by atoms with Gasteiger partial charge in [0.2, 0.25) is 0 Å². The first-order valence-corrected chi connectivity index (χ1v) is 24.3. The Hall–Kier alpha value is -4.77. The molecule has 1 radical (unpaired) electrons. The van der Waals surface area contributed by atoms with Crippen molar-refractivity contribution < 1.29 is 68.3 Å². The first-order valence-electron chi connectivity index (χ1n) is 24.3. The van der Waals surface area contributed by atoms with Crippen LogP contribution in [0.15, 0.2) is 243 Å². The van der Waals surface area contributed by atoms with Crippen LogP contribution in [-0.4, -0.2) is 91.3 Å². The first kappa shape index (κ1) is 53.6. The van der Waals surface area contributed by atoms with E-state index in [2.05, 4.69) is 253 Å². The molecule has 0 spiro atoms. The zero-order valence-electron chi connectivity index (χ0n) is 39.7. The first-order chi connectivity index (χ1) is 33.8. The minimum atomic E-state index is -1.22. The van der Waals surface area contributed by atoms with Crippen molar-refractivity contribution in [2.75, 3.05) is 79.0 Å². The summed E-state index contributed by atoms with van der Waals surface area (Å²) in [6.07, 6.45) is -2.43. The van der Waals surface area contributed by atoms with Crippen LogP contribution in [0.2, 0.25) is 0 Å². The van der Waals surface area contributed by atoms with Gasteiger partial charge in [0.1, 0.15) is 12.3 Å². The molecule has 1 aliphatic rings. The third-order valence-electron chi connectivity index (χ3n) is 12.8. The molecule has 353 valence electrons. The van der Waals surface area contributed by atoms with Crippen LogP contribution in [0.3, 0.4) is 0 Å². The van der Waals surface area contributed by atoms with Crippen molar-refractivity contribution in [1.82, 2.24) is 10.6 Å². The van der Waals surface area contributed by atoms with E-state index in [1.54, 1.807) is 0 Å². The molecule has 0 amide bonds. The molecular formula is C60H66B2EuN2O4. The molecule has 6 nitrogen and oxygen atoms in total. The Balaban J connectivity index is 0.000000172. The standard InChI is InChI=1S/2C24H20B.C12H26N2O4.Eu/c2*1-5-13-21(14-6-1)25(22-15-7-2-8-16-22,23-17-9-3-10-18-23)24-19-11-4-12-20-24;1-5-15-9-10-17-7-3-14-4-8-18-12-11-16-6-2-13-1;/h2*1-20H;13-14H,1-12H2;/q2*-1;;+2. The van der Waals surface area contributed by atoms with Gasteiger partial charge in [-0.1, -0.05) is 243 Å². The Morgan fingerprint density at radius 3 is 0.507 bits per heavy atom. The fourth-order valence-electron chi connectivity index (χ4n) is 9.71. The minimum absolute atomic E-state index is 0. The van der Waals surface area contributed by atoms with Crippen molar-refractivity contribution in [3.63, 3.8) is 0 Å². The fourth-order valence-corrected chi connectivity index (χ4v) is 9.71. The van der Waals surface area contributed by atoms with E-state index in [4.69, 9.17) is 18.9 Å². The molecule has 9 rings (SSSR count). The molecule has 0 aromatic heterocycles. The molecule has 69 heavy (non-hydrogen) atoms. The van der Waals surface area contributed by atoms with Gasteiger partial charge in [-0.2, -0.15) is 43.7 Å². The average Bonchev–Trinajstić information content (AvgIpc) is 3.42. The Labute approximate surface area is 452 Å². The van der Waals surface area contributed by atoms with Gasteiger partial charge in [0.15, 0.2) is 0 Å². The molecule has 0 unspecified atom stereocenters. The normalized spacial score (nSPS) is 14.4. The molecule has 9 heteroatoms. The maximum absolute atomic E-state index is 5.41. The van der Waals surface area contributed by atoms with Gasteiger partial charge in [0, 0.05) is 26.2 Å². The third-order valence-corrected chi connectivity index (χ3v) is 12.8. The summed E-state index contributed by atoms with van der Waals surface area (Å²) in [6.45, 7) is 8.86. The third kappa shape index (κ3) is 15.1. The minimum Gasteiger partial charge on any atom is -0.378 e. The molecule has 0 saturated carbocycles. The van der Waals surface area contributed by atoms with Gasteiger partial charge in [-0.05, 0) is 0 Å². The average molecular weight is 1050 g/mol. The number of rotatable bonds is 8. The summed E-state index contributed by atoms with van der Waals surface area (Å²) in [7, 11) is 0. The van der Waals surface area contributed by atoms with Crippen LogP contribution >= 0.6 is 0 Å². The van der Waals surface area contributed by atoms with E-state index in [1.165, 1.54) is 43.7 Å². The number of benzene rings is 8. The molecule has 0 bridgehead atoms. The smallest absolute Gasteiger partial charge is 0.378 e. The largest absolute Gasteiger partial charge is 2.00 e. The summed E-state index contributed by atoms with van der Waals surface area (Å²) in [5.41, 5.74) is 10.7. The van der Waals surface area contributed by atoms with Gasteiger partial charge in [-0.3, -0.25) is 0 Å². The molecule has 0 aliphatic carbocycles. The molecule has 8 aromatic rings. The molecule has 0 atom stereocenters. The molecular weight excluding hydrogens is 986 g/mol. The van der Waals surface area contributed by atoms with Crippen LogP contribution in [0.5, 0.6) is 0 Å². The number of hydrogen-bond donors (Lipinski definition) is 2. The van der Waals surface area contributed by atoms with E-state index in [0.29, 0.717) is 52.9 Å². The van der Waals surface area contributed by atoms with Crippen molar-refractivity contribution in [3.8, 4) is 0 Å². The van der Waals surface area contributed by atoms with Gasteiger partial charge >= 0.3 is 49.4 Å². The summed E-state index contributed by atoms with van der Waals surface area (Å²) in [6, 6.07) is 87.1. The maximum Gasteiger partial charge on any atom is 2.00 e. The van der Waals surface area contributed by atoms with E-state index in [-0.39, 0.29) is 49.4 Å². The summed E-state index contributed by atoms with van der Waals surface area (Å²) >= 11 is 0. The topological polar surface area (TPSA) is 61.0 Å². The zero-order valence-corrected chi connectivity index (χ0v) is 42.2. The second kappa shape index (κ2) is 30.8. The van der Waals surface area contributed by atoms with Crippen molar-refractivity contribution >= 4 is 56.0 Å². The predicted molar refractivity (Wildman–Crippen MR) is 289 cm³/mol. The van der Waals surface area contributed by atoms with Gasteiger partial charge < -0.3 is 29.6 Å². The van der Waals surface area contributed by atoms with Crippen LogP contribution < -0.4 is 54.3 Å². The van der Waals surface area contributed by atoms with Gasteiger partial charge in [-0.15, -0.1) is 0 Å². The van der Waals surface area contributed by atoms with Crippen molar-refractivity contribution in [2.45, 2.75) is 0 Å². The summed E-state index contributed by atoms with van der Waals surface area (Å²) in [5.74, 6) is 0. The second-order valence-corrected chi connectivity index (χ2v) is 17.0. The van der Waals surface area contributed by atoms with Crippen molar-refractivity contribution in [1.29, 1.82) is 0 Å². The van der Waals surface area contributed by atoms with Gasteiger partial charge in [-0.25, -0.2) is 0 Å². The van der Waals surface area contributed by atoms with Crippen LogP contribution in [-0.2, 0) is 18.9 Å². The van der Waals surface area contributed by atoms with Gasteiger partial charge in [0.25, 0.3) is 0 Å². The van der Waals surface area contributed by atoms with Crippen LogP contribution in [0, 0.1) is 49.4 Å². The van der Waals surface area contributed by atoms with Crippen LogP contribution in [0.25, 0.3) is 0 Å². The SMILES string of the molecule is C1COCCOCCNCCOCCOCCN1.[Eu+2].c1ccc([B-](c2ccccc2)(c2ccccc2)c2ccccc2)cc1.c1ccc([B-](c2ccccc2)(c2ccccc2)c2ccccc2)cc1. The molecule has 2 N–H and O–H groups in total. The molecule has 1 aliphatic heterocycles. The number of nitrogens with one attached hydrogen (secondary N) is 2. The molecule has 8 aromatic carbocycles. The molecule has 1 saturated heterocycles. The quantitative estimate of drug-likeness (QED) is 0.200. The Kier molecular flexibility index (Phi) is 23.9. The summed E-state index contributed by atoms with van der Waals surface area (Å²) in [5, 5.41) is 6.50. The van der Waals surface area contributed by atoms with Crippen molar-refractivity contribution in [2.24, 2.45) is 0 Å². The van der Waals surface area contributed by atoms with Crippen molar-refractivity contribution in [3.05, 3.63) is 243 Å². The van der Waals surface area contributed by atoms with E-state index in [9.17, 15) is 0 Å². The number of hydrogen-bond acceptors (Lipinski definition) is 6. The van der Waals surface area contributed by atoms with E-state index in [0.717, 1.165) is 26.2 Å². The monoisotopic (exact) mass is 1050 g/mol. The zero-order chi connectivity index (χ0) is 46.6. The van der Waals surface area contributed by atoms with Crippen LogP contribution in [0.1, 0.15) is 0 Å². The Morgan fingerprint density at radius 2 is 0.362 bits per heavy atom. The Bertz CT molecular complexity index is 1960. The van der Waals surface area contributed by atoms with E-state index in [1.807, 2.05) is 0 Å². The maximum atomic E-state index is 5.41. The number of ether oxygens (including phenoxy) is 4. The van der Waals surface area contributed by atoms with E-state index >= 15 is 0 Å².